The van der Waals surface area contributed by atoms with Crippen molar-refractivity contribution in [3.8, 4) is 0 Å². The molecule has 0 unspecified atom stereocenters. The number of nitrogen functional groups attached to an aromatic ring is 1. The van der Waals surface area contributed by atoms with Crippen molar-refractivity contribution in [2.45, 2.75) is 4.90 Å². The van der Waals surface area contributed by atoms with Crippen LogP contribution >= 0.6 is 15.9 Å². The maximum absolute atomic E-state index is 13.8. The van der Waals surface area contributed by atoms with Crippen molar-refractivity contribution in [1.29, 1.82) is 0 Å². The van der Waals surface area contributed by atoms with Crippen LogP contribution in [0.4, 0.5) is 21.5 Å². The highest BCUT2D eigenvalue weighted by Gasteiger charge is 2.14. The first kappa shape index (κ1) is 15.7. The van der Waals surface area contributed by atoms with Crippen molar-refractivity contribution in [2.24, 2.45) is 0 Å². The molecule has 0 fully saturated rings. The van der Waals surface area contributed by atoms with Crippen LogP contribution in [0.1, 0.15) is 0 Å². The van der Waals surface area contributed by atoms with Gasteiger partial charge in [-0.3, -0.25) is 0 Å². The standard InChI is InChI=1S/C13H13BrFN3O2S/c1-17-21(19,20)8-5-6-12(11(16)7-8)18-13-9(14)3-2-4-10(13)15/h2-7,17-18H,16H2,1H3. The second kappa shape index (κ2) is 6.00. The molecule has 2 rings (SSSR count). The Balaban J connectivity index is 2.39. The summed E-state index contributed by atoms with van der Waals surface area (Å²) in [5.41, 5.74) is 6.67. The molecular weight excluding hydrogens is 361 g/mol. The molecule has 4 N–H and O–H groups in total. The van der Waals surface area contributed by atoms with Gasteiger partial charge < -0.3 is 11.1 Å². The topological polar surface area (TPSA) is 84.2 Å². The Morgan fingerprint density at radius 2 is 1.95 bits per heavy atom. The highest BCUT2D eigenvalue weighted by atomic mass is 79.9. The van der Waals surface area contributed by atoms with Crippen molar-refractivity contribution in [3.05, 3.63) is 46.7 Å². The molecule has 0 bridgehead atoms. The van der Waals surface area contributed by atoms with Crippen molar-refractivity contribution in [2.75, 3.05) is 18.1 Å². The first-order valence-corrected chi connectivity index (χ1v) is 8.17. The van der Waals surface area contributed by atoms with Gasteiger partial charge in [-0.05, 0) is 53.3 Å². The Morgan fingerprint density at radius 3 is 2.52 bits per heavy atom. The van der Waals surface area contributed by atoms with Crippen LogP contribution in [-0.4, -0.2) is 15.5 Å². The zero-order valence-electron chi connectivity index (χ0n) is 11.0. The van der Waals surface area contributed by atoms with E-state index in [0.717, 1.165) is 0 Å². The minimum atomic E-state index is -3.57. The number of sulfonamides is 1. The molecule has 0 aromatic heterocycles. The Morgan fingerprint density at radius 1 is 1.24 bits per heavy atom. The van der Waals surface area contributed by atoms with E-state index in [1.54, 1.807) is 12.1 Å². The highest BCUT2D eigenvalue weighted by molar-refractivity contribution is 9.10. The summed E-state index contributed by atoms with van der Waals surface area (Å²) in [7, 11) is -2.25. The average Bonchev–Trinajstić information content (AvgIpc) is 2.44. The second-order valence-corrected chi connectivity index (χ2v) is 6.92. The van der Waals surface area contributed by atoms with Gasteiger partial charge in [0.05, 0.1) is 22.0 Å². The molecule has 0 saturated heterocycles. The van der Waals surface area contributed by atoms with E-state index >= 15 is 0 Å². The molecule has 2 aromatic rings. The lowest BCUT2D eigenvalue weighted by atomic mass is 10.2. The van der Waals surface area contributed by atoms with Crippen LogP contribution in [0.15, 0.2) is 45.8 Å². The molecule has 0 aliphatic heterocycles. The molecule has 0 aliphatic rings. The smallest absolute Gasteiger partial charge is 0.240 e. The minimum absolute atomic E-state index is 0.0423. The molecule has 0 heterocycles. The van der Waals surface area contributed by atoms with Crippen molar-refractivity contribution in [1.82, 2.24) is 4.72 Å². The van der Waals surface area contributed by atoms with Gasteiger partial charge in [-0.2, -0.15) is 0 Å². The zero-order valence-corrected chi connectivity index (χ0v) is 13.4. The highest BCUT2D eigenvalue weighted by Crippen LogP contribution is 2.31. The summed E-state index contributed by atoms with van der Waals surface area (Å²) >= 11 is 3.24. The molecule has 5 nitrogen and oxygen atoms in total. The van der Waals surface area contributed by atoms with Gasteiger partial charge in [0.25, 0.3) is 0 Å². The Kier molecular flexibility index (Phi) is 4.50. The predicted octanol–water partition coefficient (Wildman–Crippen LogP) is 2.82. The molecule has 0 radical (unpaired) electrons. The van der Waals surface area contributed by atoms with Crippen molar-refractivity contribution in [3.63, 3.8) is 0 Å². The van der Waals surface area contributed by atoms with Crippen LogP contribution in [0.3, 0.4) is 0 Å². The molecule has 0 atom stereocenters. The third-order valence-corrected chi connectivity index (χ3v) is 4.90. The van der Waals surface area contributed by atoms with Gasteiger partial charge in [0.15, 0.2) is 0 Å². The lowest BCUT2D eigenvalue weighted by Gasteiger charge is -2.13. The zero-order chi connectivity index (χ0) is 15.6. The SMILES string of the molecule is CNS(=O)(=O)c1ccc(Nc2c(F)cccc2Br)c(N)c1. The summed E-state index contributed by atoms with van der Waals surface area (Å²) in [5, 5.41) is 2.84. The van der Waals surface area contributed by atoms with Gasteiger partial charge >= 0.3 is 0 Å². The largest absolute Gasteiger partial charge is 0.397 e. The number of para-hydroxylation sites is 1. The monoisotopic (exact) mass is 373 g/mol. The van der Waals surface area contributed by atoms with Crippen LogP contribution in [0, 0.1) is 5.82 Å². The molecule has 0 saturated carbocycles. The maximum Gasteiger partial charge on any atom is 0.240 e. The van der Waals surface area contributed by atoms with E-state index < -0.39 is 15.8 Å². The summed E-state index contributed by atoms with van der Waals surface area (Å²) < 4.78 is 39.8. The Hall–Kier alpha value is -1.64. The van der Waals surface area contributed by atoms with Gasteiger partial charge in [-0.15, -0.1) is 0 Å². The molecule has 21 heavy (non-hydrogen) atoms. The fourth-order valence-corrected chi connectivity index (χ4v) is 2.90. The van der Waals surface area contributed by atoms with Crippen LogP contribution in [0.25, 0.3) is 0 Å². The molecule has 2 aromatic carbocycles. The lowest BCUT2D eigenvalue weighted by Crippen LogP contribution is -2.18. The summed E-state index contributed by atoms with van der Waals surface area (Å²) in [4.78, 5) is 0.0423. The van der Waals surface area contributed by atoms with Crippen molar-refractivity contribution < 1.29 is 12.8 Å². The number of nitrogens with two attached hydrogens (primary N) is 1. The number of hydrogen-bond donors (Lipinski definition) is 3. The maximum atomic E-state index is 13.8. The molecular formula is C13H13BrFN3O2S. The van der Waals surface area contributed by atoms with E-state index in [-0.39, 0.29) is 16.3 Å². The number of nitrogens with one attached hydrogen (secondary N) is 2. The molecule has 0 aliphatic carbocycles. The molecule has 112 valence electrons. The number of halogens is 2. The third-order valence-electron chi connectivity index (χ3n) is 2.82. The van der Waals surface area contributed by atoms with Crippen LogP contribution in [0.2, 0.25) is 0 Å². The Bertz CT molecular complexity index is 761. The quantitative estimate of drug-likeness (QED) is 0.719. The minimum Gasteiger partial charge on any atom is -0.397 e. The number of anilines is 3. The second-order valence-electron chi connectivity index (χ2n) is 4.18. The van der Waals surface area contributed by atoms with Gasteiger partial charge in [0.1, 0.15) is 5.82 Å². The fraction of sp³-hybridized carbons (Fsp3) is 0.0769. The van der Waals surface area contributed by atoms with Gasteiger partial charge in [-0.25, -0.2) is 17.5 Å². The van der Waals surface area contributed by atoms with E-state index in [0.29, 0.717) is 10.2 Å². The fourth-order valence-electron chi connectivity index (χ4n) is 1.69. The van der Waals surface area contributed by atoms with Crippen molar-refractivity contribution >= 4 is 43.0 Å². The van der Waals surface area contributed by atoms with Gasteiger partial charge in [0.2, 0.25) is 10.0 Å². The Labute approximate surface area is 130 Å². The predicted molar refractivity (Wildman–Crippen MR) is 84.5 cm³/mol. The third kappa shape index (κ3) is 3.34. The van der Waals surface area contributed by atoms with Crippen LogP contribution < -0.4 is 15.8 Å². The van der Waals surface area contributed by atoms with Gasteiger partial charge in [-0.1, -0.05) is 6.07 Å². The summed E-state index contributed by atoms with van der Waals surface area (Å²) in [6.07, 6.45) is 0. The number of rotatable bonds is 4. The van der Waals surface area contributed by atoms with E-state index in [1.165, 1.54) is 31.3 Å². The first-order valence-electron chi connectivity index (χ1n) is 5.89. The summed E-state index contributed by atoms with van der Waals surface area (Å²) in [6.45, 7) is 0. The van der Waals surface area contributed by atoms with Gasteiger partial charge in [0, 0.05) is 4.47 Å². The molecule has 0 spiro atoms. The number of benzene rings is 2. The van der Waals surface area contributed by atoms with E-state index in [1.807, 2.05) is 0 Å². The normalized spacial score (nSPS) is 11.4. The van der Waals surface area contributed by atoms with E-state index in [2.05, 4.69) is 26.0 Å². The first-order chi connectivity index (χ1) is 9.85. The summed E-state index contributed by atoms with van der Waals surface area (Å²) in [5.74, 6) is -0.448. The molecule has 0 amide bonds. The van der Waals surface area contributed by atoms with Crippen LogP contribution in [-0.2, 0) is 10.0 Å². The molecule has 8 heteroatoms. The average molecular weight is 374 g/mol. The van der Waals surface area contributed by atoms with E-state index in [9.17, 15) is 12.8 Å². The number of hydrogen-bond acceptors (Lipinski definition) is 4. The van der Waals surface area contributed by atoms with E-state index in [4.69, 9.17) is 5.73 Å². The van der Waals surface area contributed by atoms with Crippen LogP contribution in [0.5, 0.6) is 0 Å². The summed E-state index contributed by atoms with van der Waals surface area (Å²) in [6, 6.07) is 8.74. The lowest BCUT2D eigenvalue weighted by molar-refractivity contribution is 0.588.